The van der Waals surface area contributed by atoms with Gasteiger partial charge in [-0.05, 0) is 25.5 Å². The molecule has 0 saturated carbocycles. The van der Waals surface area contributed by atoms with Crippen molar-refractivity contribution in [2.45, 2.75) is 40.0 Å². The summed E-state index contributed by atoms with van der Waals surface area (Å²) >= 11 is 0. The number of methoxy groups -OCH3 is 1. The van der Waals surface area contributed by atoms with Gasteiger partial charge in [-0.3, -0.25) is 4.68 Å². The number of ether oxygens (including phenoxy) is 2. The predicted octanol–water partition coefficient (Wildman–Crippen LogP) is 2.51. The van der Waals surface area contributed by atoms with E-state index in [9.17, 15) is 0 Å². The minimum absolute atomic E-state index is 0.416. The summed E-state index contributed by atoms with van der Waals surface area (Å²) < 4.78 is 13.3. The van der Waals surface area contributed by atoms with Gasteiger partial charge in [0.05, 0.1) is 18.5 Å². The molecule has 0 atom stereocenters. The molecular weight excluding hydrogens is 266 g/mol. The fourth-order valence-corrected chi connectivity index (χ4v) is 2.27. The molecule has 1 heterocycles. The van der Waals surface area contributed by atoms with Gasteiger partial charge in [0.15, 0.2) is 11.5 Å². The summed E-state index contributed by atoms with van der Waals surface area (Å²) in [5.74, 6) is 1.42. The molecule has 1 aromatic heterocycles. The van der Waals surface area contributed by atoms with Gasteiger partial charge in [0.25, 0.3) is 0 Å². The molecule has 2 rings (SSSR count). The SMILES string of the molecule is CCc1cc(COc2c(CN)cccc2OC)n(CC)n1. The summed E-state index contributed by atoms with van der Waals surface area (Å²) in [7, 11) is 1.63. The molecule has 0 unspecified atom stereocenters. The van der Waals surface area contributed by atoms with Crippen molar-refractivity contribution in [1.29, 1.82) is 0 Å². The van der Waals surface area contributed by atoms with Crippen molar-refractivity contribution in [2.75, 3.05) is 7.11 Å². The maximum absolute atomic E-state index is 5.97. The zero-order valence-electron chi connectivity index (χ0n) is 12.9. The Kier molecular flexibility index (Phi) is 5.22. The van der Waals surface area contributed by atoms with Gasteiger partial charge < -0.3 is 15.2 Å². The molecule has 0 bridgehead atoms. The fourth-order valence-electron chi connectivity index (χ4n) is 2.27. The van der Waals surface area contributed by atoms with E-state index in [1.54, 1.807) is 7.11 Å². The van der Waals surface area contributed by atoms with Crippen LogP contribution in [0.5, 0.6) is 11.5 Å². The summed E-state index contributed by atoms with van der Waals surface area (Å²) in [6.07, 6.45) is 0.919. The van der Waals surface area contributed by atoms with Crippen LogP contribution in [0.1, 0.15) is 30.8 Å². The highest BCUT2D eigenvalue weighted by molar-refractivity contribution is 5.46. The Morgan fingerprint density at radius 3 is 2.71 bits per heavy atom. The zero-order chi connectivity index (χ0) is 15.2. The standard InChI is InChI=1S/C16H23N3O2/c1-4-13-9-14(19(5-2)18-13)11-21-16-12(10-17)7-6-8-15(16)20-3/h6-9H,4-5,10-11,17H2,1-3H3. The van der Waals surface area contributed by atoms with Crippen LogP contribution >= 0.6 is 0 Å². The quantitative estimate of drug-likeness (QED) is 0.850. The first-order valence-electron chi connectivity index (χ1n) is 7.27. The van der Waals surface area contributed by atoms with Crippen LogP contribution in [0, 0.1) is 0 Å². The summed E-state index contributed by atoms with van der Waals surface area (Å²) in [6, 6.07) is 7.83. The first-order chi connectivity index (χ1) is 10.2. The van der Waals surface area contributed by atoms with Gasteiger partial charge in [-0.1, -0.05) is 19.1 Å². The Morgan fingerprint density at radius 2 is 2.10 bits per heavy atom. The van der Waals surface area contributed by atoms with Crippen molar-refractivity contribution in [3.8, 4) is 11.5 Å². The van der Waals surface area contributed by atoms with Crippen LogP contribution in [0.4, 0.5) is 0 Å². The average molecular weight is 289 g/mol. The van der Waals surface area contributed by atoms with Crippen molar-refractivity contribution >= 4 is 0 Å². The molecule has 0 spiro atoms. The van der Waals surface area contributed by atoms with Crippen LogP contribution in [-0.4, -0.2) is 16.9 Å². The van der Waals surface area contributed by atoms with E-state index in [0.29, 0.717) is 24.7 Å². The van der Waals surface area contributed by atoms with Crippen LogP contribution in [0.15, 0.2) is 24.3 Å². The van der Waals surface area contributed by atoms with Gasteiger partial charge in [-0.25, -0.2) is 0 Å². The molecule has 2 N–H and O–H groups in total. The lowest BCUT2D eigenvalue weighted by Crippen LogP contribution is -2.08. The largest absolute Gasteiger partial charge is 0.493 e. The first kappa shape index (κ1) is 15.4. The lowest BCUT2D eigenvalue weighted by Gasteiger charge is -2.14. The molecule has 114 valence electrons. The number of nitrogens with zero attached hydrogens (tertiary/aromatic N) is 2. The number of benzene rings is 1. The van der Waals surface area contributed by atoms with Crippen LogP contribution in [0.2, 0.25) is 0 Å². The van der Waals surface area contributed by atoms with Crippen molar-refractivity contribution in [2.24, 2.45) is 5.73 Å². The van der Waals surface area contributed by atoms with E-state index in [1.165, 1.54) is 0 Å². The van der Waals surface area contributed by atoms with E-state index in [2.05, 4.69) is 25.0 Å². The molecule has 0 aliphatic rings. The van der Waals surface area contributed by atoms with E-state index >= 15 is 0 Å². The van der Waals surface area contributed by atoms with Gasteiger partial charge >= 0.3 is 0 Å². The van der Waals surface area contributed by atoms with Gasteiger partial charge in [-0.2, -0.15) is 5.10 Å². The highest BCUT2D eigenvalue weighted by Crippen LogP contribution is 2.31. The second kappa shape index (κ2) is 7.13. The Balaban J connectivity index is 2.21. The highest BCUT2D eigenvalue weighted by atomic mass is 16.5. The summed E-state index contributed by atoms with van der Waals surface area (Å²) in [5, 5.41) is 4.53. The van der Waals surface area contributed by atoms with E-state index in [4.69, 9.17) is 15.2 Å². The van der Waals surface area contributed by atoms with Gasteiger partial charge in [-0.15, -0.1) is 0 Å². The lowest BCUT2D eigenvalue weighted by atomic mass is 10.2. The molecule has 5 heteroatoms. The van der Waals surface area contributed by atoms with E-state index in [0.717, 1.165) is 29.9 Å². The zero-order valence-corrected chi connectivity index (χ0v) is 12.9. The predicted molar refractivity (Wildman–Crippen MR) is 82.5 cm³/mol. The number of aromatic nitrogens is 2. The number of para-hydroxylation sites is 1. The molecule has 0 saturated heterocycles. The molecule has 0 aliphatic carbocycles. The minimum atomic E-state index is 0.416. The molecule has 21 heavy (non-hydrogen) atoms. The Labute approximate surface area is 125 Å². The maximum Gasteiger partial charge on any atom is 0.166 e. The summed E-state index contributed by atoms with van der Waals surface area (Å²) in [4.78, 5) is 0. The second-order valence-electron chi connectivity index (χ2n) is 4.74. The van der Waals surface area contributed by atoms with Crippen molar-refractivity contribution in [1.82, 2.24) is 9.78 Å². The Hall–Kier alpha value is -2.01. The smallest absolute Gasteiger partial charge is 0.166 e. The third kappa shape index (κ3) is 3.36. The number of aryl methyl sites for hydroxylation is 2. The van der Waals surface area contributed by atoms with Crippen molar-refractivity contribution in [3.63, 3.8) is 0 Å². The van der Waals surface area contributed by atoms with E-state index in [1.807, 2.05) is 22.9 Å². The molecule has 0 amide bonds. The van der Waals surface area contributed by atoms with E-state index in [-0.39, 0.29) is 0 Å². The monoisotopic (exact) mass is 289 g/mol. The third-order valence-electron chi connectivity index (χ3n) is 3.44. The maximum atomic E-state index is 5.97. The molecule has 0 aliphatic heterocycles. The third-order valence-corrected chi connectivity index (χ3v) is 3.44. The highest BCUT2D eigenvalue weighted by Gasteiger charge is 2.12. The molecular formula is C16H23N3O2. The van der Waals surface area contributed by atoms with Gasteiger partial charge in [0.2, 0.25) is 0 Å². The van der Waals surface area contributed by atoms with Gasteiger partial charge in [0, 0.05) is 18.7 Å². The summed E-state index contributed by atoms with van der Waals surface area (Å²) in [6.45, 7) is 5.87. The van der Waals surface area contributed by atoms with Crippen LogP contribution in [0.3, 0.4) is 0 Å². The van der Waals surface area contributed by atoms with Crippen LogP contribution < -0.4 is 15.2 Å². The number of rotatable bonds is 7. The first-order valence-corrected chi connectivity index (χ1v) is 7.27. The number of hydrogen-bond donors (Lipinski definition) is 1. The van der Waals surface area contributed by atoms with Gasteiger partial charge in [0.1, 0.15) is 6.61 Å². The van der Waals surface area contributed by atoms with Crippen LogP contribution in [0.25, 0.3) is 0 Å². The molecule has 0 radical (unpaired) electrons. The Bertz CT molecular complexity index is 571. The second-order valence-corrected chi connectivity index (χ2v) is 4.74. The molecule has 5 nitrogen and oxygen atoms in total. The van der Waals surface area contributed by atoms with Crippen LogP contribution in [-0.2, 0) is 26.1 Å². The summed E-state index contributed by atoms with van der Waals surface area (Å²) in [5.41, 5.74) is 8.85. The topological polar surface area (TPSA) is 62.3 Å². The Morgan fingerprint density at radius 1 is 1.29 bits per heavy atom. The molecule has 1 aromatic carbocycles. The van der Waals surface area contributed by atoms with E-state index < -0.39 is 0 Å². The lowest BCUT2D eigenvalue weighted by molar-refractivity contribution is 0.271. The minimum Gasteiger partial charge on any atom is -0.493 e. The number of hydrogen-bond acceptors (Lipinski definition) is 4. The average Bonchev–Trinajstić information content (AvgIpc) is 2.94. The normalized spacial score (nSPS) is 10.7. The molecule has 0 fully saturated rings. The van der Waals surface area contributed by atoms with Crippen molar-refractivity contribution < 1.29 is 9.47 Å². The fraction of sp³-hybridized carbons (Fsp3) is 0.438. The number of nitrogens with two attached hydrogens (primary N) is 1. The van der Waals surface area contributed by atoms with Crippen molar-refractivity contribution in [3.05, 3.63) is 41.2 Å². The molecule has 2 aromatic rings.